The van der Waals surface area contributed by atoms with Crippen molar-refractivity contribution in [3.05, 3.63) is 102 Å². The molecule has 0 spiro atoms. The first-order chi connectivity index (χ1) is 12.5. The van der Waals surface area contributed by atoms with Crippen molar-refractivity contribution in [2.75, 3.05) is 4.72 Å². The first-order valence-corrected chi connectivity index (χ1v) is 9.48. The molecular weight excluding hydrogens is 346 g/mol. The summed E-state index contributed by atoms with van der Waals surface area (Å²) in [5, 5.41) is 0. The quantitative estimate of drug-likeness (QED) is 0.522. The van der Waals surface area contributed by atoms with E-state index in [-0.39, 0.29) is 10.7 Å². The highest BCUT2D eigenvalue weighted by atomic mass is 32.2. The van der Waals surface area contributed by atoms with Crippen molar-refractivity contribution in [2.45, 2.75) is 4.90 Å². The van der Waals surface area contributed by atoms with E-state index in [1.54, 1.807) is 48.5 Å². The Hall–Kier alpha value is -3.18. The smallest absolute Gasteiger partial charge is 0.261 e. The van der Waals surface area contributed by atoms with E-state index in [2.05, 4.69) is 4.72 Å². The predicted octanol–water partition coefficient (Wildman–Crippen LogP) is 4.38. The van der Waals surface area contributed by atoms with Gasteiger partial charge in [0.25, 0.3) is 10.0 Å². The highest BCUT2D eigenvalue weighted by Crippen LogP contribution is 2.17. The van der Waals surface area contributed by atoms with Gasteiger partial charge >= 0.3 is 0 Å². The number of anilines is 1. The van der Waals surface area contributed by atoms with E-state index in [1.807, 2.05) is 30.3 Å². The molecule has 0 heterocycles. The number of hydrogen-bond acceptors (Lipinski definition) is 3. The molecule has 5 heteroatoms. The van der Waals surface area contributed by atoms with Gasteiger partial charge in [0.15, 0.2) is 5.78 Å². The van der Waals surface area contributed by atoms with E-state index in [4.69, 9.17) is 0 Å². The summed E-state index contributed by atoms with van der Waals surface area (Å²) in [5.41, 5.74) is 1.68. The summed E-state index contributed by atoms with van der Waals surface area (Å²) in [6.45, 7) is 0. The maximum absolute atomic E-state index is 12.5. The molecule has 130 valence electrons. The SMILES string of the molecule is O=C(/C=C/c1ccccc1)c1cccc(S(=O)(=O)Nc2ccccc2)c1. The van der Waals surface area contributed by atoms with Crippen LogP contribution in [-0.2, 0) is 10.0 Å². The molecule has 0 unspecified atom stereocenters. The average Bonchev–Trinajstić information content (AvgIpc) is 2.67. The van der Waals surface area contributed by atoms with Crippen molar-refractivity contribution in [3.63, 3.8) is 0 Å². The molecule has 0 aliphatic carbocycles. The number of rotatable bonds is 6. The molecule has 0 saturated heterocycles. The van der Waals surface area contributed by atoms with Crippen LogP contribution in [-0.4, -0.2) is 14.2 Å². The van der Waals surface area contributed by atoms with Gasteiger partial charge in [-0.15, -0.1) is 0 Å². The summed E-state index contributed by atoms with van der Waals surface area (Å²) in [7, 11) is -3.76. The van der Waals surface area contributed by atoms with E-state index in [0.717, 1.165) is 5.56 Å². The molecule has 0 bridgehead atoms. The molecule has 4 nitrogen and oxygen atoms in total. The van der Waals surface area contributed by atoms with Gasteiger partial charge in [0.05, 0.1) is 4.90 Å². The number of ketones is 1. The minimum absolute atomic E-state index is 0.0420. The Morgan fingerprint density at radius 1 is 0.808 bits per heavy atom. The molecule has 0 aliphatic heterocycles. The lowest BCUT2D eigenvalue weighted by Gasteiger charge is -2.08. The summed E-state index contributed by atoms with van der Waals surface area (Å²) in [6, 6.07) is 24.0. The van der Waals surface area contributed by atoms with Crippen molar-refractivity contribution in [1.29, 1.82) is 0 Å². The third kappa shape index (κ3) is 4.46. The Labute approximate surface area is 152 Å². The van der Waals surface area contributed by atoms with Crippen molar-refractivity contribution < 1.29 is 13.2 Å². The summed E-state index contributed by atoms with van der Waals surface area (Å²) in [6.07, 6.45) is 3.14. The molecule has 0 saturated carbocycles. The fourth-order valence-electron chi connectivity index (χ4n) is 2.37. The number of nitrogens with one attached hydrogen (secondary N) is 1. The Bertz CT molecular complexity index is 1030. The third-order valence-electron chi connectivity index (χ3n) is 3.68. The fourth-order valence-corrected chi connectivity index (χ4v) is 3.47. The van der Waals surface area contributed by atoms with Gasteiger partial charge in [-0.3, -0.25) is 9.52 Å². The highest BCUT2D eigenvalue weighted by Gasteiger charge is 2.15. The fraction of sp³-hybridized carbons (Fsp3) is 0. The Balaban J connectivity index is 1.81. The van der Waals surface area contributed by atoms with Gasteiger partial charge < -0.3 is 0 Å². The van der Waals surface area contributed by atoms with Gasteiger partial charge in [-0.25, -0.2) is 8.42 Å². The van der Waals surface area contributed by atoms with Crippen LogP contribution >= 0.6 is 0 Å². The van der Waals surface area contributed by atoms with Crippen LogP contribution in [0.4, 0.5) is 5.69 Å². The molecule has 0 aromatic heterocycles. The summed E-state index contributed by atoms with van der Waals surface area (Å²) in [4.78, 5) is 12.4. The zero-order valence-corrected chi connectivity index (χ0v) is 14.7. The normalized spacial score (nSPS) is 11.4. The number of carbonyl (C=O) groups is 1. The molecule has 1 N–H and O–H groups in total. The van der Waals surface area contributed by atoms with Crippen LogP contribution in [0.3, 0.4) is 0 Å². The van der Waals surface area contributed by atoms with Crippen LogP contribution < -0.4 is 4.72 Å². The van der Waals surface area contributed by atoms with Crippen molar-refractivity contribution in [2.24, 2.45) is 0 Å². The maximum atomic E-state index is 12.5. The number of para-hydroxylation sites is 1. The van der Waals surface area contributed by atoms with E-state index in [0.29, 0.717) is 11.3 Å². The van der Waals surface area contributed by atoms with Crippen LogP contribution in [0.1, 0.15) is 15.9 Å². The molecule has 26 heavy (non-hydrogen) atoms. The number of sulfonamides is 1. The zero-order chi connectivity index (χ0) is 18.4. The topological polar surface area (TPSA) is 63.2 Å². The number of hydrogen-bond donors (Lipinski definition) is 1. The van der Waals surface area contributed by atoms with E-state index >= 15 is 0 Å². The minimum atomic E-state index is -3.76. The first kappa shape index (κ1) is 17.6. The lowest BCUT2D eigenvalue weighted by atomic mass is 10.1. The third-order valence-corrected chi connectivity index (χ3v) is 5.06. The second kappa shape index (κ2) is 7.80. The largest absolute Gasteiger partial charge is 0.289 e. The van der Waals surface area contributed by atoms with Gasteiger partial charge in [-0.1, -0.05) is 66.7 Å². The summed E-state index contributed by atoms with van der Waals surface area (Å²) >= 11 is 0. The highest BCUT2D eigenvalue weighted by molar-refractivity contribution is 7.92. The van der Waals surface area contributed by atoms with Crippen molar-refractivity contribution in [3.8, 4) is 0 Å². The predicted molar refractivity (Wildman–Crippen MR) is 103 cm³/mol. The molecule has 0 atom stereocenters. The number of benzene rings is 3. The molecule has 3 aromatic rings. The Morgan fingerprint density at radius 3 is 2.15 bits per heavy atom. The lowest BCUT2D eigenvalue weighted by Crippen LogP contribution is -2.13. The van der Waals surface area contributed by atoms with Crippen molar-refractivity contribution >= 4 is 27.6 Å². The van der Waals surface area contributed by atoms with Crippen LogP contribution in [0.2, 0.25) is 0 Å². The molecule has 3 aromatic carbocycles. The average molecular weight is 363 g/mol. The molecule has 0 aliphatic rings. The molecule has 0 amide bonds. The van der Waals surface area contributed by atoms with Gasteiger partial charge in [-0.05, 0) is 35.9 Å². The van der Waals surface area contributed by atoms with E-state index in [1.165, 1.54) is 18.2 Å². The van der Waals surface area contributed by atoms with Gasteiger partial charge in [0.1, 0.15) is 0 Å². The monoisotopic (exact) mass is 363 g/mol. The van der Waals surface area contributed by atoms with Gasteiger partial charge in [-0.2, -0.15) is 0 Å². The van der Waals surface area contributed by atoms with Crippen LogP contribution in [0.25, 0.3) is 6.08 Å². The Morgan fingerprint density at radius 2 is 1.46 bits per heavy atom. The van der Waals surface area contributed by atoms with Crippen LogP contribution in [0.5, 0.6) is 0 Å². The van der Waals surface area contributed by atoms with E-state index < -0.39 is 10.0 Å². The Kier molecular flexibility index (Phi) is 5.29. The maximum Gasteiger partial charge on any atom is 0.261 e. The molecule has 0 radical (unpaired) electrons. The van der Waals surface area contributed by atoms with Gasteiger partial charge in [0, 0.05) is 11.3 Å². The van der Waals surface area contributed by atoms with Crippen LogP contribution in [0, 0.1) is 0 Å². The molecule has 3 rings (SSSR count). The van der Waals surface area contributed by atoms with E-state index in [9.17, 15) is 13.2 Å². The minimum Gasteiger partial charge on any atom is -0.289 e. The lowest BCUT2D eigenvalue weighted by molar-refractivity contribution is 0.104. The standard InChI is InChI=1S/C21H17NO3S/c23-21(15-14-17-8-3-1-4-9-17)18-10-7-13-20(16-18)26(24,25)22-19-11-5-2-6-12-19/h1-16,22H/b15-14+. The second-order valence-electron chi connectivity index (χ2n) is 5.61. The summed E-state index contributed by atoms with van der Waals surface area (Å²) in [5.74, 6) is -0.259. The number of carbonyl (C=O) groups excluding carboxylic acids is 1. The number of allylic oxidation sites excluding steroid dienone is 1. The van der Waals surface area contributed by atoms with Crippen molar-refractivity contribution in [1.82, 2.24) is 0 Å². The second-order valence-corrected chi connectivity index (χ2v) is 7.29. The molecular formula is C21H17NO3S. The molecule has 0 fully saturated rings. The summed E-state index contributed by atoms with van der Waals surface area (Å²) < 4.78 is 27.5. The van der Waals surface area contributed by atoms with Gasteiger partial charge in [0.2, 0.25) is 0 Å². The first-order valence-electron chi connectivity index (χ1n) is 8.00. The zero-order valence-electron chi connectivity index (χ0n) is 13.9. The van der Waals surface area contributed by atoms with Crippen LogP contribution in [0.15, 0.2) is 95.9 Å².